The van der Waals surface area contributed by atoms with Crippen molar-refractivity contribution in [1.29, 1.82) is 0 Å². The van der Waals surface area contributed by atoms with Crippen molar-refractivity contribution in [3.05, 3.63) is 0 Å². The number of hydrogen-bond donors (Lipinski definition) is 2. The van der Waals surface area contributed by atoms with Crippen LogP contribution in [0.1, 0.15) is 52.9 Å². The maximum atomic E-state index is 11.5. The zero-order chi connectivity index (χ0) is 12.0. The van der Waals surface area contributed by atoms with Crippen LogP contribution in [0.15, 0.2) is 0 Å². The van der Waals surface area contributed by atoms with E-state index < -0.39 is 0 Å². The Hall–Kier alpha value is -0.570. The summed E-state index contributed by atoms with van der Waals surface area (Å²) in [5, 5.41) is 6.59. The van der Waals surface area contributed by atoms with Gasteiger partial charge in [-0.05, 0) is 38.6 Å². The number of carbonyl (C=O) groups excluding carboxylic acids is 1. The van der Waals surface area contributed by atoms with Crippen LogP contribution in [0.4, 0.5) is 0 Å². The molecule has 0 radical (unpaired) electrons. The van der Waals surface area contributed by atoms with E-state index in [0.717, 1.165) is 32.2 Å². The van der Waals surface area contributed by atoms with E-state index in [1.54, 1.807) is 0 Å². The maximum Gasteiger partial charge on any atom is 0.223 e. The van der Waals surface area contributed by atoms with Gasteiger partial charge < -0.3 is 10.6 Å². The molecule has 0 aromatic carbocycles. The smallest absolute Gasteiger partial charge is 0.223 e. The van der Waals surface area contributed by atoms with Gasteiger partial charge in [-0.2, -0.15) is 0 Å². The Morgan fingerprint density at radius 1 is 1.12 bits per heavy atom. The lowest BCUT2D eigenvalue weighted by Gasteiger charge is -2.13. The molecule has 0 heterocycles. The van der Waals surface area contributed by atoms with Gasteiger partial charge in [0.1, 0.15) is 0 Å². The van der Waals surface area contributed by atoms with Crippen LogP contribution in [0.3, 0.4) is 0 Å². The van der Waals surface area contributed by atoms with Gasteiger partial charge in [-0.15, -0.1) is 0 Å². The maximum absolute atomic E-state index is 11.5. The average molecular weight is 226 g/mol. The van der Waals surface area contributed by atoms with Crippen LogP contribution in [0.2, 0.25) is 0 Å². The molecule has 2 rings (SSSR count). The lowest BCUT2D eigenvalue weighted by molar-refractivity contribution is -0.122. The van der Waals surface area contributed by atoms with E-state index >= 15 is 0 Å². The SMILES string of the molecule is CC.CCNC1CCC(NC(=O)C2CC2)C1. The summed E-state index contributed by atoms with van der Waals surface area (Å²) in [6, 6.07) is 1.07. The van der Waals surface area contributed by atoms with Crippen LogP contribution in [-0.4, -0.2) is 24.5 Å². The van der Waals surface area contributed by atoms with E-state index in [1.807, 2.05) is 13.8 Å². The van der Waals surface area contributed by atoms with Crippen molar-refractivity contribution in [1.82, 2.24) is 10.6 Å². The molecule has 3 nitrogen and oxygen atoms in total. The molecule has 0 saturated heterocycles. The van der Waals surface area contributed by atoms with Crippen molar-refractivity contribution in [3.63, 3.8) is 0 Å². The standard InChI is InChI=1S/C11H20N2O.C2H6/c1-2-12-9-5-6-10(7-9)13-11(14)8-3-4-8;1-2/h8-10,12H,2-7H2,1H3,(H,13,14);1-2H3. The Bertz CT molecular complexity index is 214. The fourth-order valence-corrected chi connectivity index (χ4v) is 2.25. The first-order valence-corrected chi connectivity index (χ1v) is 6.83. The summed E-state index contributed by atoms with van der Waals surface area (Å²) in [5.74, 6) is 0.653. The van der Waals surface area contributed by atoms with Gasteiger partial charge in [0.15, 0.2) is 0 Å². The first-order chi connectivity index (χ1) is 7.79. The van der Waals surface area contributed by atoms with E-state index in [-0.39, 0.29) is 0 Å². The van der Waals surface area contributed by atoms with Crippen molar-refractivity contribution >= 4 is 5.91 Å². The lowest BCUT2D eigenvalue weighted by atomic mass is 10.2. The number of nitrogens with one attached hydrogen (secondary N) is 2. The molecule has 2 N–H and O–H groups in total. The molecule has 0 bridgehead atoms. The quantitative estimate of drug-likeness (QED) is 0.770. The van der Waals surface area contributed by atoms with Crippen LogP contribution in [0, 0.1) is 5.92 Å². The third-order valence-electron chi connectivity index (χ3n) is 3.22. The fraction of sp³-hybridized carbons (Fsp3) is 0.923. The minimum absolute atomic E-state index is 0.298. The second kappa shape index (κ2) is 6.89. The van der Waals surface area contributed by atoms with Crippen LogP contribution >= 0.6 is 0 Å². The van der Waals surface area contributed by atoms with Crippen LogP contribution in [0.5, 0.6) is 0 Å². The van der Waals surface area contributed by atoms with E-state index in [2.05, 4.69) is 17.6 Å². The van der Waals surface area contributed by atoms with Crippen LogP contribution in [-0.2, 0) is 4.79 Å². The highest BCUT2D eigenvalue weighted by Crippen LogP contribution is 2.30. The van der Waals surface area contributed by atoms with E-state index in [1.165, 1.54) is 6.42 Å². The van der Waals surface area contributed by atoms with Gasteiger partial charge in [-0.1, -0.05) is 20.8 Å². The third kappa shape index (κ3) is 4.12. The lowest BCUT2D eigenvalue weighted by Crippen LogP contribution is -2.35. The van der Waals surface area contributed by atoms with Crippen molar-refractivity contribution in [2.24, 2.45) is 5.92 Å². The normalized spacial score (nSPS) is 28.2. The highest BCUT2D eigenvalue weighted by molar-refractivity contribution is 5.81. The Balaban J connectivity index is 0.000000606. The van der Waals surface area contributed by atoms with Crippen molar-refractivity contribution < 1.29 is 4.79 Å². The van der Waals surface area contributed by atoms with Gasteiger partial charge in [-0.25, -0.2) is 0 Å². The number of rotatable bonds is 4. The summed E-state index contributed by atoms with van der Waals surface area (Å²) in [6.45, 7) is 7.17. The summed E-state index contributed by atoms with van der Waals surface area (Å²) in [5.41, 5.74) is 0. The summed E-state index contributed by atoms with van der Waals surface area (Å²) < 4.78 is 0. The minimum atomic E-state index is 0.298. The first-order valence-electron chi connectivity index (χ1n) is 6.83. The first kappa shape index (κ1) is 13.5. The molecule has 0 aliphatic heterocycles. The molecule has 1 amide bonds. The predicted octanol–water partition coefficient (Wildman–Crippen LogP) is 2.07. The average Bonchev–Trinajstić information content (AvgIpc) is 3.06. The van der Waals surface area contributed by atoms with E-state index in [0.29, 0.717) is 23.9 Å². The Labute approximate surface area is 99.4 Å². The molecular formula is C13H26N2O. The minimum Gasteiger partial charge on any atom is -0.353 e. The predicted molar refractivity (Wildman–Crippen MR) is 67.3 cm³/mol. The van der Waals surface area contributed by atoms with Crippen molar-refractivity contribution in [2.75, 3.05) is 6.54 Å². The van der Waals surface area contributed by atoms with E-state index in [4.69, 9.17) is 0 Å². The van der Waals surface area contributed by atoms with Gasteiger partial charge >= 0.3 is 0 Å². The molecule has 0 aromatic rings. The molecule has 3 heteroatoms. The molecule has 0 spiro atoms. The van der Waals surface area contributed by atoms with Crippen LogP contribution < -0.4 is 10.6 Å². The molecule has 2 aliphatic rings. The summed E-state index contributed by atoms with van der Waals surface area (Å²) >= 11 is 0. The second-order valence-corrected chi connectivity index (χ2v) is 4.55. The summed E-state index contributed by atoms with van der Waals surface area (Å²) in [6.07, 6.45) is 5.69. The largest absolute Gasteiger partial charge is 0.353 e. The summed E-state index contributed by atoms with van der Waals surface area (Å²) in [4.78, 5) is 11.5. The van der Waals surface area contributed by atoms with Crippen LogP contribution in [0.25, 0.3) is 0 Å². The number of hydrogen-bond acceptors (Lipinski definition) is 2. The highest BCUT2D eigenvalue weighted by Gasteiger charge is 2.32. The highest BCUT2D eigenvalue weighted by atomic mass is 16.2. The van der Waals surface area contributed by atoms with Gasteiger partial charge in [0.05, 0.1) is 0 Å². The Morgan fingerprint density at radius 2 is 1.75 bits per heavy atom. The zero-order valence-electron chi connectivity index (χ0n) is 10.9. The van der Waals surface area contributed by atoms with Gasteiger partial charge in [-0.3, -0.25) is 4.79 Å². The molecule has 2 fully saturated rings. The molecule has 2 saturated carbocycles. The molecule has 2 aliphatic carbocycles. The fourth-order valence-electron chi connectivity index (χ4n) is 2.25. The number of carbonyl (C=O) groups is 1. The molecule has 16 heavy (non-hydrogen) atoms. The molecule has 2 atom stereocenters. The number of amides is 1. The van der Waals surface area contributed by atoms with Crippen molar-refractivity contribution in [2.45, 2.75) is 65.0 Å². The molecule has 94 valence electrons. The Kier molecular flexibility index (Phi) is 5.81. The summed E-state index contributed by atoms with van der Waals surface area (Å²) in [7, 11) is 0. The van der Waals surface area contributed by atoms with Gasteiger partial charge in [0.25, 0.3) is 0 Å². The third-order valence-corrected chi connectivity index (χ3v) is 3.22. The Morgan fingerprint density at radius 3 is 2.31 bits per heavy atom. The molecular weight excluding hydrogens is 200 g/mol. The zero-order valence-corrected chi connectivity index (χ0v) is 10.9. The molecule has 2 unspecified atom stereocenters. The molecule has 0 aromatic heterocycles. The van der Waals surface area contributed by atoms with Gasteiger partial charge in [0.2, 0.25) is 5.91 Å². The van der Waals surface area contributed by atoms with Crippen molar-refractivity contribution in [3.8, 4) is 0 Å². The van der Waals surface area contributed by atoms with Gasteiger partial charge in [0, 0.05) is 18.0 Å². The van der Waals surface area contributed by atoms with E-state index in [9.17, 15) is 4.79 Å². The topological polar surface area (TPSA) is 41.1 Å². The second-order valence-electron chi connectivity index (χ2n) is 4.55. The monoisotopic (exact) mass is 226 g/mol.